The SMILES string of the molecule is NC(N)=NCCCO.[B]. The molecule has 0 saturated carbocycles. The van der Waals surface area contributed by atoms with Gasteiger partial charge in [0.2, 0.25) is 0 Å². The molecule has 4 nitrogen and oxygen atoms in total. The number of aliphatic hydroxyl groups excluding tert-OH is 1. The lowest BCUT2D eigenvalue weighted by Crippen LogP contribution is -2.23. The van der Waals surface area contributed by atoms with Crippen molar-refractivity contribution in [1.29, 1.82) is 0 Å². The van der Waals surface area contributed by atoms with Crippen LogP contribution in [-0.4, -0.2) is 32.6 Å². The van der Waals surface area contributed by atoms with Crippen LogP contribution in [0.15, 0.2) is 4.99 Å². The van der Waals surface area contributed by atoms with Crippen molar-refractivity contribution >= 4 is 14.4 Å². The zero-order valence-electron chi connectivity index (χ0n) is 5.25. The Morgan fingerprint density at radius 3 is 2.33 bits per heavy atom. The summed E-state index contributed by atoms with van der Waals surface area (Å²) in [5.74, 6) is 0.0819. The van der Waals surface area contributed by atoms with Crippen LogP contribution in [-0.2, 0) is 0 Å². The van der Waals surface area contributed by atoms with E-state index < -0.39 is 0 Å². The highest BCUT2D eigenvalue weighted by Gasteiger charge is 1.79. The Morgan fingerprint density at radius 1 is 1.44 bits per heavy atom. The number of aliphatic hydroxyl groups is 1. The Bertz CT molecular complexity index is 81.9. The first-order valence-electron chi connectivity index (χ1n) is 2.43. The van der Waals surface area contributed by atoms with E-state index in [-0.39, 0.29) is 21.0 Å². The van der Waals surface area contributed by atoms with Gasteiger partial charge in [-0.1, -0.05) is 0 Å². The third-order valence-corrected chi connectivity index (χ3v) is 0.611. The maximum absolute atomic E-state index is 8.23. The van der Waals surface area contributed by atoms with Gasteiger partial charge in [0.25, 0.3) is 0 Å². The number of nitrogens with two attached hydrogens (primary N) is 2. The number of nitrogens with zero attached hydrogens (tertiary/aromatic N) is 1. The smallest absolute Gasteiger partial charge is 0.185 e. The molecule has 0 unspecified atom stereocenters. The third kappa shape index (κ3) is 11.1. The second-order valence-electron chi connectivity index (χ2n) is 1.38. The average Bonchev–Trinajstić information content (AvgIpc) is 1.66. The Labute approximate surface area is 56.5 Å². The summed E-state index contributed by atoms with van der Waals surface area (Å²) in [5.41, 5.74) is 9.96. The summed E-state index contributed by atoms with van der Waals surface area (Å²) in [6, 6.07) is 0. The van der Waals surface area contributed by atoms with Gasteiger partial charge in [0.1, 0.15) is 0 Å². The van der Waals surface area contributed by atoms with Crippen molar-refractivity contribution in [2.45, 2.75) is 6.42 Å². The summed E-state index contributed by atoms with van der Waals surface area (Å²) >= 11 is 0. The van der Waals surface area contributed by atoms with Gasteiger partial charge < -0.3 is 16.6 Å². The van der Waals surface area contributed by atoms with Crippen molar-refractivity contribution in [1.82, 2.24) is 0 Å². The molecule has 0 spiro atoms. The molecule has 0 fully saturated rings. The van der Waals surface area contributed by atoms with Gasteiger partial charge in [-0.15, -0.1) is 0 Å². The molecule has 0 amide bonds. The summed E-state index contributed by atoms with van der Waals surface area (Å²) in [4.78, 5) is 3.63. The first kappa shape index (κ1) is 11.1. The number of hydrogen-bond donors (Lipinski definition) is 3. The van der Waals surface area contributed by atoms with Gasteiger partial charge in [0, 0.05) is 21.6 Å². The highest BCUT2D eigenvalue weighted by molar-refractivity contribution is 5.75. The van der Waals surface area contributed by atoms with Gasteiger partial charge in [-0.05, 0) is 6.42 Å². The summed E-state index contributed by atoms with van der Waals surface area (Å²) in [6.07, 6.45) is 0.623. The Kier molecular flexibility index (Phi) is 9.03. The highest BCUT2D eigenvalue weighted by Crippen LogP contribution is 1.75. The van der Waals surface area contributed by atoms with Crippen LogP contribution in [0.5, 0.6) is 0 Å². The first-order valence-corrected chi connectivity index (χ1v) is 2.43. The minimum atomic E-state index is 0. The fourth-order valence-electron chi connectivity index (χ4n) is 0.279. The predicted molar refractivity (Wildman–Crippen MR) is 38.1 cm³/mol. The average molecular weight is 128 g/mol. The lowest BCUT2D eigenvalue weighted by atomic mass is 10.5. The van der Waals surface area contributed by atoms with Crippen molar-refractivity contribution < 1.29 is 5.11 Å². The minimum Gasteiger partial charge on any atom is -0.396 e. The number of hydrogen-bond acceptors (Lipinski definition) is 2. The van der Waals surface area contributed by atoms with Crippen LogP contribution in [0.2, 0.25) is 0 Å². The lowest BCUT2D eigenvalue weighted by molar-refractivity contribution is 0.291. The molecule has 0 aliphatic carbocycles. The molecule has 0 atom stereocenters. The highest BCUT2D eigenvalue weighted by atomic mass is 16.3. The molecule has 3 radical (unpaired) electrons. The molecule has 9 heavy (non-hydrogen) atoms. The fourth-order valence-corrected chi connectivity index (χ4v) is 0.279. The number of aliphatic imine (C=N–C) groups is 1. The van der Waals surface area contributed by atoms with Crippen molar-refractivity contribution in [2.75, 3.05) is 13.2 Å². The third-order valence-electron chi connectivity index (χ3n) is 0.611. The van der Waals surface area contributed by atoms with Crippen molar-refractivity contribution in [3.8, 4) is 0 Å². The van der Waals surface area contributed by atoms with E-state index in [0.717, 1.165) is 0 Å². The van der Waals surface area contributed by atoms with E-state index in [1.807, 2.05) is 0 Å². The van der Waals surface area contributed by atoms with E-state index in [2.05, 4.69) is 4.99 Å². The van der Waals surface area contributed by atoms with Gasteiger partial charge in [0.05, 0.1) is 0 Å². The molecule has 0 rings (SSSR count). The van der Waals surface area contributed by atoms with Crippen molar-refractivity contribution in [3.05, 3.63) is 0 Å². The topological polar surface area (TPSA) is 84.6 Å². The molecule has 0 heterocycles. The minimum absolute atomic E-state index is 0. The van der Waals surface area contributed by atoms with Crippen LogP contribution in [0.1, 0.15) is 6.42 Å². The molecule has 0 aliphatic heterocycles. The molecule has 0 aromatic carbocycles. The molecule has 0 aromatic heterocycles. The van der Waals surface area contributed by atoms with Crippen molar-refractivity contribution in [2.24, 2.45) is 16.5 Å². The standard InChI is InChI=1S/C4H11N3O.B/c5-4(6)7-2-1-3-8;/h8H,1-3H2,(H4,5,6,7);. The molecule has 5 N–H and O–H groups in total. The van der Waals surface area contributed by atoms with E-state index >= 15 is 0 Å². The Hall–Kier alpha value is -0.705. The normalized spacial score (nSPS) is 7.67. The van der Waals surface area contributed by atoms with E-state index in [1.54, 1.807) is 0 Å². The molecule has 0 aliphatic rings. The molecular formula is C4H11BN3O. The number of rotatable bonds is 3. The lowest BCUT2D eigenvalue weighted by Gasteiger charge is -1.89. The fraction of sp³-hybridized carbons (Fsp3) is 0.750. The van der Waals surface area contributed by atoms with Crippen molar-refractivity contribution in [3.63, 3.8) is 0 Å². The second kappa shape index (κ2) is 7.29. The van der Waals surface area contributed by atoms with E-state index in [1.165, 1.54) is 0 Å². The van der Waals surface area contributed by atoms with Gasteiger partial charge in [-0.2, -0.15) is 0 Å². The van der Waals surface area contributed by atoms with Gasteiger partial charge in [-0.3, -0.25) is 4.99 Å². The summed E-state index contributed by atoms with van der Waals surface area (Å²) in [7, 11) is 0. The van der Waals surface area contributed by atoms with Gasteiger partial charge >= 0.3 is 0 Å². The Balaban J connectivity index is 0. The molecular weight excluding hydrogens is 117 g/mol. The summed E-state index contributed by atoms with van der Waals surface area (Å²) in [5, 5.41) is 8.23. The molecule has 51 valence electrons. The van der Waals surface area contributed by atoms with E-state index in [0.29, 0.717) is 13.0 Å². The predicted octanol–water partition coefficient (Wildman–Crippen LogP) is -1.74. The molecule has 0 saturated heterocycles. The van der Waals surface area contributed by atoms with E-state index in [9.17, 15) is 0 Å². The van der Waals surface area contributed by atoms with Gasteiger partial charge in [0.15, 0.2) is 5.96 Å². The largest absolute Gasteiger partial charge is 0.396 e. The molecule has 0 aromatic rings. The van der Waals surface area contributed by atoms with Crippen LogP contribution >= 0.6 is 0 Å². The van der Waals surface area contributed by atoms with Crippen LogP contribution < -0.4 is 11.5 Å². The molecule has 0 bridgehead atoms. The zero-order valence-corrected chi connectivity index (χ0v) is 5.25. The second-order valence-corrected chi connectivity index (χ2v) is 1.38. The number of guanidine groups is 1. The molecule has 5 heteroatoms. The van der Waals surface area contributed by atoms with Crippen LogP contribution in [0.4, 0.5) is 0 Å². The maximum atomic E-state index is 8.23. The summed E-state index contributed by atoms with van der Waals surface area (Å²) < 4.78 is 0. The van der Waals surface area contributed by atoms with Crippen LogP contribution in [0, 0.1) is 0 Å². The van der Waals surface area contributed by atoms with Crippen LogP contribution in [0.25, 0.3) is 0 Å². The zero-order chi connectivity index (χ0) is 6.41. The van der Waals surface area contributed by atoms with E-state index in [4.69, 9.17) is 16.6 Å². The Morgan fingerprint density at radius 2 is 2.00 bits per heavy atom. The maximum Gasteiger partial charge on any atom is 0.185 e. The monoisotopic (exact) mass is 128 g/mol. The quantitative estimate of drug-likeness (QED) is 0.182. The van der Waals surface area contributed by atoms with Gasteiger partial charge in [-0.25, -0.2) is 0 Å². The van der Waals surface area contributed by atoms with Crippen LogP contribution in [0.3, 0.4) is 0 Å². The first-order chi connectivity index (χ1) is 3.77. The summed E-state index contributed by atoms with van der Waals surface area (Å²) in [6.45, 7) is 0.648.